The highest BCUT2D eigenvalue weighted by Gasteiger charge is 2.23. The van der Waals surface area contributed by atoms with Crippen molar-refractivity contribution in [1.29, 1.82) is 0 Å². The molecule has 0 radical (unpaired) electrons. The van der Waals surface area contributed by atoms with E-state index in [-0.39, 0.29) is 6.10 Å². The van der Waals surface area contributed by atoms with Crippen molar-refractivity contribution in [3.05, 3.63) is 16.7 Å². The Bertz CT molecular complexity index is 350. The molecule has 1 aromatic heterocycles. The molecule has 82 valence electrons. The second kappa shape index (κ2) is 4.39. The van der Waals surface area contributed by atoms with E-state index in [0.29, 0.717) is 12.0 Å². The van der Waals surface area contributed by atoms with Crippen LogP contribution in [0.3, 0.4) is 0 Å². The molecule has 1 heterocycles. The molecule has 0 aromatic carbocycles. The second-order valence-corrected chi connectivity index (χ2v) is 4.80. The van der Waals surface area contributed by atoms with Crippen molar-refractivity contribution in [2.45, 2.75) is 38.9 Å². The van der Waals surface area contributed by atoms with Gasteiger partial charge in [0.25, 0.3) is 0 Å². The molecule has 0 spiro atoms. The molecule has 0 N–H and O–H groups in total. The van der Waals surface area contributed by atoms with Crippen LogP contribution < -0.4 is 9.47 Å². The van der Waals surface area contributed by atoms with E-state index in [0.717, 1.165) is 23.1 Å². The summed E-state index contributed by atoms with van der Waals surface area (Å²) >= 11 is 3.42. The summed E-state index contributed by atoms with van der Waals surface area (Å²) in [4.78, 5) is 4.21. The lowest BCUT2D eigenvalue weighted by Gasteiger charge is -2.11. The van der Waals surface area contributed by atoms with Crippen LogP contribution in [0.1, 0.15) is 26.7 Å². The summed E-state index contributed by atoms with van der Waals surface area (Å²) in [6.07, 6.45) is 4.55. The third kappa shape index (κ3) is 3.09. The summed E-state index contributed by atoms with van der Waals surface area (Å²) in [5.41, 5.74) is 0. The van der Waals surface area contributed by atoms with E-state index in [1.165, 1.54) is 0 Å². The first-order valence-electron chi connectivity index (χ1n) is 5.14. The Labute approximate surface area is 97.9 Å². The number of ether oxygens (including phenoxy) is 2. The smallest absolute Gasteiger partial charge is 0.228 e. The molecule has 1 fully saturated rings. The molecule has 0 amide bonds. The van der Waals surface area contributed by atoms with E-state index >= 15 is 0 Å². The van der Waals surface area contributed by atoms with E-state index in [4.69, 9.17) is 9.47 Å². The zero-order valence-corrected chi connectivity index (χ0v) is 10.5. The van der Waals surface area contributed by atoms with Crippen LogP contribution in [-0.4, -0.2) is 17.2 Å². The molecule has 4 heteroatoms. The fourth-order valence-electron chi connectivity index (χ4n) is 1.16. The van der Waals surface area contributed by atoms with E-state index in [2.05, 4.69) is 20.9 Å². The van der Waals surface area contributed by atoms with Crippen LogP contribution in [0.5, 0.6) is 11.6 Å². The van der Waals surface area contributed by atoms with E-state index in [9.17, 15) is 0 Å². The maximum absolute atomic E-state index is 5.62. The second-order valence-electron chi connectivity index (χ2n) is 3.94. The highest BCUT2D eigenvalue weighted by atomic mass is 79.9. The van der Waals surface area contributed by atoms with Crippen molar-refractivity contribution in [2.75, 3.05) is 0 Å². The lowest BCUT2D eigenvalue weighted by molar-refractivity contribution is 0.229. The van der Waals surface area contributed by atoms with Crippen LogP contribution in [0.4, 0.5) is 0 Å². The molecule has 2 rings (SSSR count). The maximum atomic E-state index is 5.62. The lowest BCUT2D eigenvalue weighted by atomic mass is 10.4. The van der Waals surface area contributed by atoms with Crippen LogP contribution >= 0.6 is 15.9 Å². The average molecular weight is 272 g/mol. The Balaban J connectivity index is 2.07. The minimum Gasteiger partial charge on any atom is -0.489 e. The zero-order valence-electron chi connectivity index (χ0n) is 8.87. The monoisotopic (exact) mass is 271 g/mol. The topological polar surface area (TPSA) is 31.4 Å². The standard InChI is InChI=1S/C11H14BrNO2/c1-7(2)14-11-10(12)5-9(6-13-11)15-8-3-4-8/h5-8H,3-4H2,1-2H3. The number of halogens is 1. The Kier molecular flexibility index (Phi) is 3.14. The Morgan fingerprint density at radius 3 is 2.73 bits per heavy atom. The molecule has 1 aromatic rings. The third-order valence-corrected chi connectivity index (χ3v) is 2.52. The van der Waals surface area contributed by atoms with Gasteiger partial charge in [0, 0.05) is 6.07 Å². The largest absolute Gasteiger partial charge is 0.489 e. The molecule has 15 heavy (non-hydrogen) atoms. The SMILES string of the molecule is CC(C)Oc1ncc(OC2CC2)cc1Br. The molecule has 0 aliphatic heterocycles. The average Bonchev–Trinajstić information content (AvgIpc) is 2.93. The molecule has 0 bridgehead atoms. The van der Waals surface area contributed by atoms with Crippen LogP contribution in [0.25, 0.3) is 0 Å². The van der Waals surface area contributed by atoms with Gasteiger partial charge in [0.1, 0.15) is 5.75 Å². The first-order chi connectivity index (χ1) is 7.15. The number of nitrogens with zero attached hydrogens (tertiary/aromatic N) is 1. The number of hydrogen-bond acceptors (Lipinski definition) is 3. The van der Waals surface area contributed by atoms with E-state index in [1.807, 2.05) is 19.9 Å². The van der Waals surface area contributed by atoms with Crippen LogP contribution in [-0.2, 0) is 0 Å². The summed E-state index contributed by atoms with van der Waals surface area (Å²) < 4.78 is 12.0. The molecule has 0 saturated heterocycles. The van der Waals surface area contributed by atoms with E-state index < -0.39 is 0 Å². The molecule has 0 atom stereocenters. The highest BCUT2D eigenvalue weighted by molar-refractivity contribution is 9.10. The van der Waals surface area contributed by atoms with Crippen LogP contribution in [0.2, 0.25) is 0 Å². The van der Waals surface area contributed by atoms with Gasteiger partial charge in [-0.2, -0.15) is 0 Å². The fraction of sp³-hybridized carbons (Fsp3) is 0.545. The van der Waals surface area contributed by atoms with Gasteiger partial charge in [-0.3, -0.25) is 0 Å². The molecular weight excluding hydrogens is 258 g/mol. The van der Waals surface area contributed by atoms with Gasteiger partial charge in [0.2, 0.25) is 5.88 Å². The van der Waals surface area contributed by atoms with E-state index in [1.54, 1.807) is 6.20 Å². The van der Waals surface area contributed by atoms with Crippen molar-refractivity contribution < 1.29 is 9.47 Å². The minimum atomic E-state index is 0.129. The molecular formula is C11H14BrNO2. The quantitative estimate of drug-likeness (QED) is 0.843. The highest BCUT2D eigenvalue weighted by Crippen LogP contribution is 2.31. The Morgan fingerprint density at radius 1 is 1.47 bits per heavy atom. The van der Waals surface area contributed by atoms with Gasteiger partial charge >= 0.3 is 0 Å². The normalized spacial score (nSPS) is 15.5. The predicted octanol–water partition coefficient (Wildman–Crippen LogP) is 3.17. The molecule has 1 saturated carbocycles. The molecule has 3 nitrogen and oxygen atoms in total. The first kappa shape index (κ1) is 10.7. The molecule has 1 aliphatic rings. The Morgan fingerprint density at radius 2 is 2.20 bits per heavy atom. The van der Waals surface area contributed by atoms with Gasteiger partial charge in [-0.15, -0.1) is 0 Å². The van der Waals surface area contributed by atoms with Crippen molar-refractivity contribution in [2.24, 2.45) is 0 Å². The molecule has 1 aliphatic carbocycles. The van der Waals surface area contributed by atoms with Gasteiger partial charge in [0.15, 0.2) is 0 Å². The first-order valence-corrected chi connectivity index (χ1v) is 5.93. The maximum Gasteiger partial charge on any atom is 0.228 e. The summed E-state index contributed by atoms with van der Waals surface area (Å²) in [7, 11) is 0. The van der Waals surface area contributed by atoms with Crippen LogP contribution in [0, 0.1) is 0 Å². The summed E-state index contributed by atoms with van der Waals surface area (Å²) in [6.45, 7) is 3.95. The van der Waals surface area contributed by atoms with Crippen molar-refractivity contribution in [1.82, 2.24) is 4.98 Å². The Hall–Kier alpha value is -0.770. The predicted molar refractivity (Wildman–Crippen MR) is 61.4 cm³/mol. The summed E-state index contributed by atoms with van der Waals surface area (Å²) in [5, 5.41) is 0. The van der Waals surface area contributed by atoms with Crippen molar-refractivity contribution in [3.63, 3.8) is 0 Å². The van der Waals surface area contributed by atoms with Gasteiger partial charge in [-0.1, -0.05) is 0 Å². The van der Waals surface area contributed by atoms with Crippen molar-refractivity contribution in [3.8, 4) is 11.6 Å². The zero-order chi connectivity index (χ0) is 10.8. The van der Waals surface area contributed by atoms with Crippen LogP contribution in [0.15, 0.2) is 16.7 Å². The van der Waals surface area contributed by atoms with Gasteiger partial charge in [-0.25, -0.2) is 4.98 Å². The van der Waals surface area contributed by atoms with Gasteiger partial charge in [0.05, 0.1) is 22.9 Å². The summed E-state index contributed by atoms with van der Waals surface area (Å²) in [6, 6.07) is 1.91. The third-order valence-electron chi connectivity index (χ3n) is 1.96. The number of pyridine rings is 1. The minimum absolute atomic E-state index is 0.129. The van der Waals surface area contributed by atoms with Gasteiger partial charge < -0.3 is 9.47 Å². The van der Waals surface area contributed by atoms with Gasteiger partial charge in [-0.05, 0) is 42.6 Å². The summed E-state index contributed by atoms with van der Waals surface area (Å²) in [5.74, 6) is 1.42. The number of rotatable bonds is 4. The number of aromatic nitrogens is 1. The number of hydrogen-bond donors (Lipinski definition) is 0. The molecule has 0 unspecified atom stereocenters. The lowest BCUT2D eigenvalue weighted by Crippen LogP contribution is -2.07. The van der Waals surface area contributed by atoms with Crippen molar-refractivity contribution >= 4 is 15.9 Å². The fourth-order valence-corrected chi connectivity index (χ4v) is 1.58.